The highest BCUT2D eigenvalue weighted by Gasteiger charge is 2.18. The van der Waals surface area contributed by atoms with E-state index in [1.165, 1.54) is 0 Å². The molecule has 1 N–H and O–H groups in total. The van der Waals surface area contributed by atoms with E-state index in [0.29, 0.717) is 35.1 Å². The van der Waals surface area contributed by atoms with Gasteiger partial charge in [0.1, 0.15) is 41.9 Å². The van der Waals surface area contributed by atoms with Gasteiger partial charge in [0, 0.05) is 11.6 Å². The molecule has 3 aromatic carbocycles. The Labute approximate surface area is 211 Å². The van der Waals surface area contributed by atoms with Gasteiger partial charge in [-0.25, -0.2) is 0 Å². The van der Waals surface area contributed by atoms with Crippen molar-refractivity contribution in [1.29, 1.82) is 0 Å². The van der Waals surface area contributed by atoms with Gasteiger partial charge in [-0.05, 0) is 74.6 Å². The van der Waals surface area contributed by atoms with Crippen molar-refractivity contribution >= 4 is 11.7 Å². The van der Waals surface area contributed by atoms with Crippen molar-refractivity contribution in [3.8, 4) is 23.0 Å². The zero-order chi connectivity index (χ0) is 25.2. The van der Waals surface area contributed by atoms with Crippen LogP contribution in [0.3, 0.4) is 0 Å². The van der Waals surface area contributed by atoms with Crippen LogP contribution in [0.2, 0.25) is 0 Å². The van der Waals surface area contributed by atoms with Gasteiger partial charge in [0.05, 0.1) is 12.5 Å². The van der Waals surface area contributed by atoms with Crippen molar-refractivity contribution in [2.24, 2.45) is 5.16 Å². The van der Waals surface area contributed by atoms with E-state index in [1.54, 1.807) is 18.2 Å². The Morgan fingerprint density at radius 1 is 0.917 bits per heavy atom. The number of hydrogen-bond donors (Lipinski definition) is 1. The highest BCUT2D eigenvalue weighted by Crippen LogP contribution is 2.29. The van der Waals surface area contributed by atoms with Crippen LogP contribution < -0.4 is 14.2 Å². The van der Waals surface area contributed by atoms with Crippen molar-refractivity contribution in [3.05, 3.63) is 83.9 Å². The summed E-state index contributed by atoms with van der Waals surface area (Å²) in [5.74, 6) is 1.63. The average molecular weight is 490 g/mol. The molecule has 0 unspecified atom stereocenters. The number of oxime groups is 1. The molecule has 0 aromatic heterocycles. The number of ether oxygens (including phenoxy) is 3. The van der Waals surface area contributed by atoms with Crippen LogP contribution in [0.25, 0.3) is 0 Å². The van der Waals surface area contributed by atoms with E-state index in [4.69, 9.17) is 19.0 Å². The Balaban J connectivity index is 1.52. The van der Waals surface area contributed by atoms with Crippen molar-refractivity contribution in [2.45, 2.75) is 45.1 Å². The van der Waals surface area contributed by atoms with Crippen molar-refractivity contribution < 1.29 is 28.9 Å². The highest BCUT2D eigenvalue weighted by atomic mass is 16.6. The quantitative estimate of drug-likeness (QED) is 0.239. The molecular weight excluding hydrogens is 458 g/mol. The van der Waals surface area contributed by atoms with E-state index >= 15 is 0 Å². The van der Waals surface area contributed by atoms with E-state index in [1.807, 2.05) is 61.5 Å². The van der Waals surface area contributed by atoms with Gasteiger partial charge in [-0.3, -0.25) is 4.79 Å². The molecule has 0 spiro atoms. The molecule has 7 nitrogen and oxygen atoms in total. The Hall–Kier alpha value is -4.00. The Bertz CT molecular complexity index is 1170. The summed E-state index contributed by atoms with van der Waals surface area (Å²) in [5, 5.41) is 13.6. The third kappa shape index (κ3) is 7.50. The van der Waals surface area contributed by atoms with Crippen molar-refractivity contribution in [2.75, 3.05) is 13.2 Å². The van der Waals surface area contributed by atoms with Crippen molar-refractivity contribution in [3.63, 3.8) is 0 Å². The predicted octanol–water partition coefficient (Wildman–Crippen LogP) is 6.25. The average Bonchev–Trinajstić information content (AvgIpc) is 3.37. The predicted molar refractivity (Wildman–Crippen MR) is 137 cm³/mol. The smallest absolute Gasteiger partial charge is 0.307 e. The second kappa shape index (κ2) is 12.6. The molecule has 0 atom stereocenters. The normalized spacial score (nSPS) is 13.9. The lowest BCUT2D eigenvalue weighted by Gasteiger charge is -2.16. The number of rotatable bonds is 12. The molecule has 188 valence electrons. The number of para-hydroxylation sites is 1. The topological polar surface area (TPSA) is 86.6 Å². The summed E-state index contributed by atoms with van der Waals surface area (Å²) in [6.45, 7) is 2.39. The van der Waals surface area contributed by atoms with Crippen LogP contribution in [0.5, 0.6) is 23.0 Å². The summed E-state index contributed by atoms with van der Waals surface area (Å²) in [6, 6.07) is 22.4. The molecule has 0 bridgehead atoms. The van der Waals surface area contributed by atoms with Gasteiger partial charge in [0.2, 0.25) is 0 Å². The van der Waals surface area contributed by atoms with Crippen LogP contribution in [-0.4, -0.2) is 36.1 Å². The second-order valence-corrected chi connectivity index (χ2v) is 8.59. The second-order valence-electron chi connectivity index (χ2n) is 8.59. The third-order valence-electron chi connectivity index (χ3n) is 5.73. The molecule has 0 heterocycles. The maximum Gasteiger partial charge on any atom is 0.307 e. The van der Waals surface area contributed by atoms with E-state index in [9.17, 15) is 9.90 Å². The van der Waals surface area contributed by atoms with E-state index < -0.39 is 5.97 Å². The summed E-state index contributed by atoms with van der Waals surface area (Å²) < 4.78 is 18.2. The minimum Gasteiger partial charge on any atom is -0.490 e. The lowest BCUT2D eigenvalue weighted by Crippen LogP contribution is -2.15. The van der Waals surface area contributed by atoms with Gasteiger partial charge in [-0.2, -0.15) is 0 Å². The fourth-order valence-electron chi connectivity index (χ4n) is 4.08. The maximum absolute atomic E-state index is 11.3. The zero-order valence-corrected chi connectivity index (χ0v) is 20.4. The molecule has 0 aliphatic heterocycles. The van der Waals surface area contributed by atoms with E-state index in [0.717, 1.165) is 37.0 Å². The van der Waals surface area contributed by atoms with Crippen molar-refractivity contribution in [1.82, 2.24) is 0 Å². The third-order valence-corrected chi connectivity index (χ3v) is 5.73. The first-order valence-corrected chi connectivity index (χ1v) is 12.3. The SMILES string of the molecule is CCON=C(COc1cc(CC(=O)O)cc(OC2CCCC2)c1)c1cccc(Oc2ccccc2)c1. The maximum atomic E-state index is 11.3. The Morgan fingerprint density at radius 2 is 1.67 bits per heavy atom. The van der Waals surface area contributed by atoms with E-state index in [2.05, 4.69) is 5.16 Å². The first-order valence-electron chi connectivity index (χ1n) is 12.3. The minimum absolute atomic E-state index is 0.114. The van der Waals surface area contributed by atoms with Gasteiger partial charge >= 0.3 is 5.97 Å². The van der Waals surface area contributed by atoms with Crippen LogP contribution >= 0.6 is 0 Å². The van der Waals surface area contributed by atoms with Gasteiger partial charge in [-0.15, -0.1) is 0 Å². The number of hydrogen-bond acceptors (Lipinski definition) is 6. The van der Waals surface area contributed by atoms with Crippen LogP contribution in [0.4, 0.5) is 0 Å². The summed E-state index contributed by atoms with van der Waals surface area (Å²) in [6.07, 6.45) is 4.34. The zero-order valence-electron chi connectivity index (χ0n) is 20.4. The van der Waals surface area contributed by atoms with Crippen LogP contribution in [0.1, 0.15) is 43.7 Å². The van der Waals surface area contributed by atoms with Gasteiger partial charge in [0.25, 0.3) is 0 Å². The summed E-state index contributed by atoms with van der Waals surface area (Å²) in [4.78, 5) is 16.7. The lowest BCUT2D eigenvalue weighted by molar-refractivity contribution is -0.136. The van der Waals surface area contributed by atoms with Gasteiger partial charge < -0.3 is 24.2 Å². The number of benzene rings is 3. The molecule has 3 aromatic rings. The Kier molecular flexibility index (Phi) is 8.81. The molecule has 1 aliphatic rings. The molecule has 7 heteroatoms. The first kappa shape index (κ1) is 25.1. The Morgan fingerprint density at radius 3 is 2.42 bits per heavy atom. The fourth-order valence-corrected chi connectivity index (χ4v) is 4.08. The largest absolute Gasteiger partial charge is 0.490 e. The van der Waals surface area contributed by atoms with Gasteiger partial charge in [0.15, 0.2) is 0 Å². The molecule has 36 heavy (non-hydrogen) atoms. The molecule has 1 fully saturated rings. The highest BCUT2D eigenvalue weighted by molar-refractivity contribution is 6.01. The van der Waals surface area contributed by atoms with Crippen LogP contribution in [-0.2, 0) is 16.1 Å². The molecule has 1 saturated carbocycles. The standard InChI is InChI=1S/C29H31NO6/c1-2-34-30-28(22-9-8-14-25(18-22)35-23-10-4-3-5-11-23)20-33-26-15-21(17-29(31)32)16-27(19-26)36-24-12-6-7-13-24/h3-5,8-11,14-16,18-19,24H,2,6-7,12-13,17,20H2,1H3,(H,31,32). The molecule has 0 amide bonds. The molecule has 0 saturated heterocycles. The van der Waals surface area contributed by atoms with Crippen LogP contribution in [0.15, 0.2) is 78.0 Å². The molecule has 1 aliphatic carbocycles. The number of carbonyl (C=O) groups is 1. The molecular formula is C29H31NO6. The monoisotopic (exact) mass is 489 g/mol. The summed E-state index contributed by atoms with van der Waals surface area (Å²) in [7, 11) is 0. The van der Waals surface area contributed by atoms with E-state index in [-0.39, 0.29) is 19.1 Å². The molecule has 4 rings (SSSR count). The van der Waals surface area contributed by atoms with Crippen LogP contribution in [0, 0.1) is 0 Å². The van der Waals surface area contributed by atoms with Gasteiger partial charge in [-0.1, -0.05) is 35.5 Å². The first-order chi connectivity index (χ1) is 17.6. The number of carboxylic acids is 1. The number of aliphatic carboxylic acids is 1. The summed E-state index contributed by atoms with van der Waals surface area (Å²) in [5.41, 5.74) is 1.99. The number of nitrogens with zero attached hydrogens (tertiary/aromatic N) is 1. The minimum atomic E-state index is -0.909. The fraction of sp³-hybridized carbons (Fsp3) is 0.310. The lowest BCUT2D eigenvalue weighted by atomic mass is 10.1. The summed E-state index contributed by atoms with van der Waals surface area (Å²) >= 11 is 0. The number of carboxylic acid groups (broad SMARTS) is 1. The molecule has 0 radical (unpaired) electrons.